The molecule has 0 aliphatic rings. The highest BCUT2D eigenvalue weighted by molar-refractivity contribution is 6.31. The Bertz CT molecular complexity index is 860. The second-order valence-corrected chi connectivity index (χ2v) is 5.17. The summed E-state index contributed by atoms with van der Waals surface area (Å²) in [4.78, 5) is 7.47. The highest BCUT2D eigenvalue weighted by Gasteiger charge is 2.04. The zero-order valence-corrected chi connectivity index (χ0v) is 13.4. The normalized spacial score (nSPS) is 11.1. The fourth-order valence-corrected chi connectivity index (χ4v) is 2.30. The van der Waals surface area contributed by atoms with Gasteiger partial charge in [0.1, 0.15) is 0 Å². The van der Waals surface area contributed by atoms with Gasteiger partial charge in [0.15, 0.2) is 11.5 Å². The van der Waals surface area contributed by atoms with Crippen molar-refractivity contribution < 1.29 is 9.47 Å². The Morgan fingerprint density at radius 1 is 1.13 bits per heavy atom. The van der Waals surface area contributed by atoms with Gasteiger partial charge in [-0.2, -0.15) is 5.10 Å². The summed E-state index contributed by atoms with van der Waals surface area (Å²) in [6.45, 7) is 0. The lowest BCUT2D eigenvalue weighted by Gasteiger charge is -2.07. The number of rotatable bonds is 5. The molecule has 0 unspecified atom stereocenters. The second-order valence-electron chi connectivity index (χ2n) is 4.73. The summed E-state index contributed by atoms with van der Waals surface area (Å²) < 4.78 is 10.5. The summed E-state index contributed by atoms with van der Waals surface area (Å²) in [7, 11) is 3.19. The molecule has 0 saturated heterocycles. The van der Waals surface area contributed by atoms with E-state index in [-0.39, 0.29) is 0 Å². The molecule has 2 N–H and O–H groups in total. The SMILES string of the molecule is COc1ccc(/C=N/Nc2nc3cc(Cl)ccc3[nH]2)cc1OC. The van der Waals surface area contributed by atoms with Crippen LogP contribution >= 0.6 is 11.6 Å². The maximum Gasteiger partial charge on any atom is 0.222 e. The molecule has 0 bridgehead atoms. The van der Waals surface area contributed by atoms with E-state index in [1.807, 2.05) is 24.3 Å². The van der Waals surface area contributed by atoms with Gasteiger partial charge in [-0.15, -0.1) is 0 Å². The van der Waals surface area contributed by atoms with E-state index in [0.717, 1.165) is 16.6 Å². The Morgan fingerprint density at radius 2 is 1.96 bits per heavy atom. The number of aromatic amines is 1. The van der Waals surface area contributed by atoms with Crippen molar-refractivity contribution in [1.29, 1.82) is 0 Å². The molecule has 6 nitrogen and oxygen atoms in total. The molecule has 0 aliphatic carbocycles. The van der Waals surface area contributed by atoms with E-state index < -0.39 is 0 Å². The van der Waals surface area contributed by atoms with Crippen molar-refractivity contribution in [2.24, 2.45) is 5.10 Å². The average Bonchev–Trinajstić information content (AvgIpc) is 2.96. The molecule has 118 valence electrons. The number of benzene rings is 2. The molecule has 0 amide bonds. The van der Waals surface area contributed by atoms with Crippen molar-refractivity contribution in [2.75, 3.05) is 19.6 Å². The van der Waals surface area contributed by atoms with Crippen molar-refractivity contribution in [3.05, 3.63) is 47.0 Å². The first-order chi connectivity index (χ1) is 11.2. The van der Waals surface area contributed by atoms with Crippen LogP contribution in [0.1, 0.15) is 5.56 Å². The Balaban J connectivity index is 1.74. The zero-order chi connectivity index (χ0) is 16.2. The highest BCUT2D eigenvalue weighted by Crippen LogP contribution is 2.26. The van der Waals surface area contributed by atoms with E-state index in [1.54, 1.807) is 32.6 Å². The molecular formula is C16H15ClN4O2. The van der Waals surface area contributed by atoms with Crippen LogP contribution in [0, 0.1) is 0 Å². The lowest BCUT2D eigenvalue weighted by molar-refractivity contribution is 0.355. The summed E-state index contributed by atoms with van der Waals surface area (Å²) >= 11 is 5.94. The Labute approximate surface area is 138 Å². The number of imidazole rings is 1. The summed E-state index contributed by atoms with van der Waals surface area (Å²) in [6.07, 6.45) is 1.67. The smallest absolute Gasteiger partial charge is 0.222 e. The third-order valence-corrected chi connectivity index (χ3v) is 3.47. The number of hydrogen-bond donors (Lipinski definition) is 2. The van der Waals surface area contributed by atoms with E-state index in [1.165, 1.54) is 0 Å². The Kier molecular flexibility index (Phi) is 4.34. The number of methoxy groups -OCH3 is 2. The third-order valence-electron chi connectivity index (χ3n) is 3.24. The van der Waals surface area contributed by atoms with Gasteiger partial charge in [-0.3, -0.25) is 0 Å². The van der Waals surface area contributed by atoms with E-state index in [2.05, 4.69) is 20.5 Å². The predicted molar refractivity (Wildman–Crippen MR) is 91.9 cm³/mol. The molecule has 0 spiro atoms. The number of aromatic nitrogens is 2. The van der Waals surface area contributed by atoms with Gasteiger partial charge in [0.25, 0.3) is 0 Å². The Morgan fingerprint density at radius 3 is 2.74 bits per heavy atom. The maximum atomic E-state index is 5.94. The minimum atomic E-state index is 0.541. The summed E-state index contributed by atoms with van der Waals surface area (Å²) in [5, 5.41) is 4.81. The molecule has 0 saturated carbocycles. The minimum Gasteiger partial charge on any atom is -0.493 e. The third kappa shape index (κ3) is 3.37. The van der Waals surface area contributed by atoms with Crippen LogP contribution in [0.3, 0.4) is 0 Å². The van der Waals surface area contributed by atoms with Crippen molar-refractivity contribution in [3.8, 4) is 11.5 Å². The largest absolute Gasteiger partial charge is 0.493 e. The van der Waals surface area contributed by atoms with Crippen LogP contribution in [0.15, 0.2) is 41.5 Å². The van der Waals surface area contributed by atoms with Crippen LogP contribution in [0.4, 0.5) is 5.95 Å². The molecule has 3 rings (SSSR count). The molecule has 0 radical (unpaired) electrons. The molecule has 23 heavy (non-hydrogen) atoms. The first kappa shape index (κ1) is 15.2. The molecule has 0 aliphatic heterocycles. The van der Waals surface area contributed by atoms with E-state index >= 15 is 0 Å². The van der Waals surface area contributed by atoms with Crippen LogP contribution in [-0.4, -0.2) is 30.4 Å². The number of H-pyrrole nitrogens is 1. The fraction of sp³-hybridized carbons (Fsp3) is 0.125. The van der Waals surface area contributed by atoms with Gasteiger partial charge in [0, 0.05) is 5.02 Å². The van der Waals surface area contributed by atoms with Gasteiger partial charge in [0.05, 0.1) is 31.5 Å². The summed E-state index contributed by atoms with van der Waals surface area (Å²) in [5.74, 6) is 1.86. The Hall–Kier alpha value is -2.73. The van der Waals surface area contributed by atoms with Crippen molar-refractivity contribution >= 4 is 34.8 Å². The number of hydrazone groups is 1. The molecule has 0 atom stereocenters. The predicted octanol–water partition coefficient (Wildman–Crippen LogP) is 3.68. The van der Waals surface area contributed by atoms with Crippen LogP contribution in [-0.2, 0) is 0 Å². The molecule has 3 aromatic rings. The van der Waals surface area contributed by atoms with Crippen LogP contribution in [0.5, 0.6) is 11.5 Å². The molecular weight excluding hydrogens is 316 g/mol. The summed E-state index contributed by atoms with van der Waals surface area (Å²) in [5.41, 5.74) is 5.39. The number of nitrogens with zero attached hydrogens (tertiary/aromatic N) is 2. The van der Waals surface area contributed by atoms with Crippen LogP contribution < -0.4 is 14.9 Å². The van der Waals surface area contributed by atoms with Crippen molar-refractivity contribution in [3.63, 3.8) is 0 Å². The monoisotopic (exact) mass is 330 g/mol. The van der Waals surface area contributed by atoms with Crippen molar-refractivity contribution in [2.45, 2.75) is 0 Å². The maximum absolute atomic E-state index is 5.94. The topological polar surface area (TPSA) is 71.5 Å². The van der Waals surface area contributed by atoms with Gasteiger partial charge in [0.2, 0.25) is 5.95 Å². The number of ether oxygens (including phenoxy) is 2. The van der Waals surface area contributed by atoms with Gasteiger partial charge >= 0.3 is 0 Å². The molecule has 0 fully saturated rings. The van der Waals surface area contributed by atoms with Crippen molar-refractivity contribution in [1.82, 2.24) is 9.97 Å². The van der Waals surface area contributed by atoms with E-state index in [4.69, 9.17) is 21.1 Å². The second kappa shape index (κ2) is 6.58. The lowest BCUT2D eigenvalue weighted by atomic mass is 10.2. The minimum absolute atomic E-state index is 0.541. The van der Waals surface area contributed by atoms with Crippen LogP contribution in [0.2, 0.25) is 5.02 Å². The molecule has 1 aromatic heterocycles. The molecule has 2 aromatic carbocycles. The zero-order valence-electron chi connectivity index (χ0n) is 12.6. The average molecular weight is 331 g/mol. The molecule has 1 heterocycles. The first-order valence-electron chi connectivity index (χ1n) is 6.86. The van der Waals surface area contributed by atoms with Gasteiger partial charge in [-0.25, -0.2) is 10.4 Å². The standard InChI is InChI=1S/C16H15ClN4O2/c1-22-14-6-3-10(7-15(14)23-2)9-18-21-16-19-12-5-4-11(17)8-13(12)20-16/h3-9H,1-2H3,(H2,19,20,21)/b18-9+. The summed E-state index contributed by atoms with van der Waals surface area (Å²) in [6, 6.07) is 11.0. The van der Waals surface area contributed by atoms with E-state index in [9.17, 15) is 0 Å². The fourth-order valence-electron chi connectivity index (χ4n) is 2.13. The number of halogens is 1. The molecule has 7 heteroatoms. The van der Waals surface area contributed by atoms with E-state index in [0.29, 0.717) is 22.5 Å². The number of anilines is 1. The van der Waals surface area contributed by atoms with Gasteiger partial charge < -0.3 is 14.5 Å². The van der Waals surface area contributed by atoms with Gasteiger partial charge in [-0.05, 0) is 42.0 Å². The quantitative estimate of drug-likeness (QED) is 0.553. The lowest BCUT2D eigenvalue weighted by Crippen LogP contribution is -1.94. The van der Waals surface area contributed by atoms with Crippen LogP contribution in [0.25, 0.3) is 11.0 Å². The van der Waals surface area contributed by atoms with Gasteiger partial charge in [-0.1, -0.05) is 11.6 Å². The first-order valence-corrected chi connectivity index (χ1v) is 7.24. The highest BCUT2D eigenvalue weighted by atomic mass is 35.5. The number of nitrogens with one attached hydrogen (secondary N) is 2. The number of fused-ring (bicyclic) bond motifs is 1. The number of hydrogen-bond acceptors (Lipinski definition) is 5.